The molecule has 2 rings (SSSR count). The molecule has 0 bridgehead atoms. The molecule has 6 heteroatoms. The number of benzene rings is 1. The predicted molar refractivity (Wildman–Crippen MR) is 94.3 cm³/mol. The summed E-state index contributed by atoms with van der Waals surface area (Å²) >= 11 is 0. The number of anilines is 1. The molecule has 0 aliphatic carbocycles. The number of urea groups is 1. The van der Waals surface area contributed by atoms with Gasteiger partial charge in [-0.05, 0) is 44.2 Å². The van der Waals surface area contributed by atoms with Crippen molar-refractivity contribution < 1.29 is 14.3 Å². The fraction of sp³-hybridized carbons (Fsp3) is 0.556. The van der Waals surface area contributed by atoms with E-state index < -0.39 is 0 Å². The highest BCUT2D eigenvalue weighted by molar-refractivity contribution is 5.92. The molecule has 1 N–H and O–H groups in total. The number of hydrogen-bond acceptors (Lipinski definition) is 4. The molecule has 24 heavy (non-hydrogen) atoms. The molecule has 0 atom stereocenters. The molecule has 0 saturated carbocycles. The van der Waals surface area contributed by atoms with Crippen LogP contribution in [0.4, 0.5) is 10.5 Å². The van der Waals surface area contributed by atoms with Gasteiger partial charge in [0.25, 0.3) is 0 Å². The van der Waals surface area contributed by atoms with Crippen LogP contribution in [0, 0.1) is 0 Å². The van der Waals surface area contributed by atoms with E-state index in [-0.39, 0.29) is 12.0 Å². The first-order valence-electron chi connectivity index (χ1n) is 8.69. The molecular formula is C18H27N3O3. The number of nitrogens with one attached hydrogen (secondary N) is 1. The zero-order valence-electron chi connectivity index (χ0n) is 14.6. The number of carbonyl (C=O) groups excluding carboxylic acids is 2. The number of unbranched alkanes of at least 4 members (excludes halogenated alkanes) is 1. The monoisotopic (exact) mass is 333 g/mol. The van der Waals surface area contributed by atoms with E-state index in [9.17, 15) is 9.59 Å². The normalized spacial score (nSPS) is 15.2. The fourth-order valence-electron chi connectivity index (χ4n) is 2.66. The number of rotatable bonds is 6. The molecule has 132 valence electrons. The highest BCUT2D eigenvalue weighted by atomic mass is 16.5. The van der Waals surface area contributed by atoms with Crippen LogP contribution >= 0.6 is 0 Å². The zero-order valence-corrected chi connectivity index (χ0v) is 14.6. The maximum absolute atomic E-state index is 12.3. The van der Waals surface area contributed by atoms with Gasteiger partial charge in [0.05, 0.1) is 12.2 Å². The maximum atomic E-state index is 12.3. The second-order valence-electron chi connectivity index (χ2n) is 5.91. The molecule has 1 aliphatic heterocycles. The Bertz CT molecular complexity index is 537. The van der Waals surface area contributed by atoms with E-state index in [1.807, 2.05) is 4.90 Å². The lowest BCUT2D eigenvalue weighted by Gasteiger charge is -2.34. The molecule has 1 aliphatic rings. The van der Waals surface area contributed by atoms with Crippen molar-refractivity contribution >= 4 is 17.7 Å². The van der Waals surface area contributed by atoms with E-state index in [2.05, 4.69) is 17.1 Å². The first-order chi connectivity index (χ1) is 11.6. The number of ether oxygens (including phenoxy) is 1. The average Bonchev–Trinajstić information content (AvgIpc) is 2.61. The highest BCUT2D eigenvalue weighted by Gasteiger charge is 2.20. The summed E-state index contributed by atoms with van der Waals surface area (Å²) in [5.74, 6) is -0.349. The van der Waals surface area contributed by atoms with Crippen LogP contribution in [0.15, 0.2) is 24.3 Å². The van der Waals surface area contributed by atoms with E-state index in [0.717, 1.165) is 32.7 Å². The van der Waals surface area contributed by atoms with Crippen molar-refractivity contribution in [3.05, 3.63) is 29.8 Å². The van der Waals surface area contributed by atoms with Crippen molar-refractivity contribution in [1.82, 2.24) is 9.80 Å². The maximum Gasteiger partial charge on any atom is 0.338 e. The minimum absolute atomic E-state index is 0.0889. The van der Waals surface area contributed by atoms with E-state index in [4.69, 9.17) is 4.74 Å². The van der Waals surface area contributed by atoms with Crippen LogP contribution in [0.25, 0.3) is 0 Å². The van der Waals surface area contributed by atoms with Crippen LogP contribution in [-0.4, -0.2) is 61.1 Å². The van der Waals surface area contributed by atoms with E-state index in [1.54, 1.807) is 31.2 Å². The molecule has 6 nitrogen and oxygen atoms in total. The van der Waals surface area contributed by atoms with Gasteiger partial charge in [0.1, 0.15) is 0 Å². The van der Waals surface area contributed by atoms with E-state index >= 15 is 0 Å². The number of hydrogen-bond donors (Lipinski definition) is 1. The topological polar surface area (TPSA) is 61.9 Å². The Hall–Kier alpha value is -2.08. The number of amides is 2. The lowest BCUT2D eigenvalue weighted by Crippen LogP contribution is -2.50. The van der Waals surface area contributed by atoms with Gasteiger partial charge < -0.3 is 15.0 Å². The third kappa shape index (κ3) is 5.23. The fourth-order valence-corrected chi connectivity index (χ4v) is 2.66. The number of esters is 1. The van der Waals surface area contributed by atoms with E-state index in [1.165, 1.54) is 12.8 Å². The molecule has 1 fully saturated rings. The Morgan fingerprint density at radius 2 is 1.75 bits per heavy atom. The summed E-state index contributed by atoms with van der Waals surface area (Å²) in [5, 5.41) is 2.88. The van der Waals surface area contributed by atoms with Gasteiger partial charge in [-0.25, -0.2) is 9.59 Å². The molecule has 1 heterocycles. The number of nitrogens with zero attached hydrogens (tertiary/aromatic N) is 2. The standard InChI is InChI=1S/C18H27N3O3/c1-3-5-10-20-11-13-21(14-12-20)18(23)19-16-8-6-15(7-9-16)17(22)24-4-2/h6-9H,3-5,10-14H2,1-2H3,(H,19,23). The molecule has 0 spiro atoms. The third-order valence-corrected chi connectivity index (χ3v) is 4.13. The number of carbonyl (C=O) groups is 2. The Labute approximate surface area is 143 Å². The molecule has 2 amide bonds. The van der Waals surface area contributed by atoms with Gasteiger partial charge in [-0.2, -0.15) is 0 Å². The summed E-state index contributed by atoms with van der Waals surface area (Å²) in [4.78, 5) is 28.2. The molecular weight excluding hydrogens is 306 g/mol. The van der Waals surface area contributed by atoms with Crippen molar-refractivity contribution in [3.8, 4) is 0 Å². The molecule has 0 aromatic heterocycles. The van der Waals surface area contributed by atoms with Gasteiger partial charge in [0, 0.05) is 31.9 Å². The lowest BCUT2D eigenvalue weighted by molar-refractivity contribution is 0.0526. The van der Waals surface area contributed by atoms with Crippen LogP contribution in [0.5, 0.6) is 0 Å². The predicted octanol–water partition coefficient (Wildman–Crippen LogP) is 2.81. The lowest BCUT2D eigenvalue weighted by atomic mass is 10.2. The molecule has 1 saturated heterocycles. The van der Waals surface area contributed by atoms with Crippen LogP contribution in [0.3, 0.4) is 0 Å². The first kappa shape index (κ1) is 18.3. The van der Waals surface area contributed by atoms with Gasteiger partial charge in [0.15, 0.2) is 0 Å². The summed E-state index contributed by atoms with van der Waals surface area (Å²) in [7, 11) is 0. The smallest absolute Gasteiger partial charge is 0.338 e. The second-order valence-corrected chi connectivity index (χ2v) is 5.91. The van der Waals surface area contributed by atoms with Crippen molar-refractivity contribution in [3.63, 3.8) is 0 Å². The molecule has 0 unspecified atom stereocenters. The quantitative estimate of drug-likeness (QED) is 0.813. The van der Waals surface area contributed by atoms with Gasteiger partial charge in [-0.15, -0.1) is 0 Å². The van der Waals surface area contributed by atoms with Gasteiger partial charge in [-0.3, -0.25) is 4.90 Å². The largest absolute Gasteiger partial charge is 0.462 e. The summed E-state index contributed by atoms with van der Waals surface area (Å²) in [5.41, 5.74) is 1.17. The SMILES string of the molecule is CCCCN1CCN(C(=O)Nc2ccc(C(=O)OCC)cc2)CC1. The minimum Gasteiger partial charge on any atom is -0.462 e. The Kier molecular flexibility index (Phi) is 7.06. The molecule has 1 aromatic carbocycles. The Morgan fingerprint density at radius 1 is 1.08 bits per heavy atom. The summed E-state index contributed by atoms with van der Waals surface area (Å²) < 4.78 is 4.94. The molecule has 0 radical (unpaired) electrons. The van der Waals surface area contributed by atoms with Crippen molar-refractivity contribution in [2.45, 2.75) is 26.7 Å². The van der Waals surface area contributed by atoms with Gasteiger partial charge in [-0.1, -0.05) is 13.3 Å². The van der Waals surface area contributed by atoms with E-state index in [0.29, 0.717) is 17.9 Å². The highest BCUT2D eigenvalue weighted by Crippen LogP contribution is 2.12. The minimum atomic E-state index is -0.349. The average molecular weight is 333 g/mol. The summed E-state index contributed by atoms with van der Waals surface area (Å²) in [6.45, 7) is 8.77. The second kappa shape index (κ2) is 9.27. The van der Waals surface area contributed by atoms with Crippen molar-refractivity contribution in [2.75, 3.05) is 44.6 Å². The Balaban J connectivity index is 1.81. The summed E-state index contributed by atoms with van der Waals surface area (Å²) in [6, 6.07) is 6.68. The Morgan fingerprint density at radius 3 is 2.33 bits per heavy atom. The van der Waals surface area contributed by atoms with Crippen LogP contribution in [0.1, 0.15) is 37.0 Å². The van der Waals surface area contributed by atoms with Crippen LogP contribution in [-0.2, 0) is 4.74 Å². The van der Waals surface area contributed by atoms with Crippen molar-refractivity contribution in [2.24, 2.45) is 0 Å². The molecule has 1 aromatic rings. The summed E-state index contributed by atoms with van der Waals surface area (Å²) in [6.07, 6.45) is 2.40. The van der Waals surface area contributed by atoms with Crippen molar-refractivity contribution in [1.29, 1.82) is 0 Å². The first-order valence-corrected chi connectivity index (χ1v) is 8.69. The van der Waals surface area contributed by atoms with Crippen LogP contribution in [0.2, 0.25) is 0 Å². The number of piperazine rings is 1. The third-order valence-electron chi connectivity index (χ3n) is 4.13. The zero-order chi connectivity index (χ0) is 17.4. The van der Waals surface area contributed by atoms with Gasteiger partial charge >= 0.3 is 12.0 Å². The van der Waals surface area contributed by atoms with Crippen LogP contribution < -0.4 is 5.32 Å². The van der Waals surface area contributed by atoms with Gasteiger partial charge in [0.2, 0.25) is 0 Å².